The molecular formula is C31H22ClF3N2O2. The van der Waals surface area contributed by atoms with Crippen molar-refractivity contribution < 1.29 is 23.1 Å². The van der Waals surface area contributed by atoms with E-state index in [1.54, 1.807) is 18.2 Å². The molecule has 0 saturated carbocycles. The molecule has 0 bridgehead atoms. The lowest BCUT2D eigenvalue weighted by molar-refractivity contribution is -0.136. The molecule has 0 amide bonds. The molecule has 0 spiro atoms. The Balaban J connectivity index is 1.55. The lowest BCUT2D eigenvalue weighted by Gasteiger charge is -2.17. The number of carboxylic acids is 1. The molecule has 196 valence electrons. The highest BCUT2D eigenvalue weighted by molar-refractivity contribution is 6.33. The van der Waals surface area contributed by atoms with Gasteiger partial charge < -0.3 is 10.4 Å². The number of rotatable bonds is 7. The third kappa shape index (κ3) is 5.73. The number of para-hydroxylation sites is 1. The van der Waals surface area contributed by atoms with Crippen molar-refractivity contribution in [3.63, 3.8) is 0 Å². The molecule has 0 fully saturated rings. The van der Waals surface area contributed by atoms with Gasteiger partial charge in [0.1, 0.15) is 0 Å². The Morgan fingerprint density at radius 3 is 2.36 bits per heavy atom. The van der Waals surface area contributed by atoms with Crippen LogP contribution in [0.1, 0.15) is 32.6 Å². The maximum Gasteiger partial charge on any atom is 0.418 e. The number of carboxylic acid groups (broad SMARTS) is 1. The molecule has 0 atom stereocenters. The van der Waals surface area contributed by atoms with Crippen LogP contribution in [0.2, 0.25) is 5.02 Å². The second-order valence-corrected chi connectivity index (χ2v) is 9.48. The van der Waals surface area contributed by atoms with Crippen molar-refractivity contribution in [1.82, 2.24) is 4.98 Å². The van der Waals surface area contributed by atoms with Crippen molar-refractivity contribution in [2.75, 3.05) is 5.32 Å². The third-order valence-electron chi connectivity index (χ3n) is 6.43. The van der Waals surface area contributed by atoms with Gasteiger partial charge in [0.25, 0.3) is 0 Å². The molecule has 0 saturated heterocycles. The van der Waals surface area contributed by atoms with Crippen LogP contribution < -0.4 is 5.32 Å². The van der Waals surface area contributed by atoms with Crippen LogP contribution in [0.3, 0.4) is 0 Å². The fourth-order valence-corrected chi connectivity index (χ4v) is 4.88. The first-order valence-electron chi connectivity index (χ1n) is 12.1. The largest absolute Gasteiger partial charge is 0.478 e. The van der Waals surface area contributed by atoms with Gasteiger partial charge >= 0.3 is 12.1 Å². The van der Waals surface area contributed by atoms with Gasteiger partial charge in [0, 0.05) is 23.8 Å². The van der Waals surface area contributed by atoms with Gasteiger partial charge in [0.2, 0.25) is 0 Å². The first-order valence-corrected chi connectivity index (χ1v) is 12.5. The van der Waals surface area contributed by atoms with Crippen molar-refractivity contribution in [3.05, 3.63) is 130 Å². The van der Waals surface area contributed by atoms with Crippen LogP contribution in [-0.4, -0.2) is 16.1 Å². The SMILES string of the molecule is O=C(O)c1ccc(NCc2cccc(-c3c(Cc4ccccc4)cnc4c(C(F)(F)F)cccc34)c2)cc1Cl. The second-order valence-electron chi connectivity index (χ2n) is 9.07. The van der Waals surface area contributed by atoms with E-state index >= 15 is 0 Å². The Morgan fingerprint density at radius 2 is 1.64 bits per heavy atom. The van der Waals surface area contributed by atoms with Gasteiger partial charge in [-0.25, -0.2) is 4.79 Å². The van der Waals surface area contributed by atoms with Gasteiger partial charge in [-0.2, -0.15) is 13.2 Å². The lowest BCUT2D eigenvalue weighted by Crippen LogP contribution is -2.07. The topological polar surface area (TPSA) is 62.2 Å². The molecule has 1 heterocycles. The number of aromatic carboxylic acids is 1. The number of nitrogens with zero attached hydrogens (tertiary/aromatic N) is 1. The molecule has 0 unspecified atom stereocenters. The molecule has 1 aromatic heterocycles. The Hall–Kier alpha value is -4.36. The van der Waals surface area contributed by atoms with Gasteiger partial charge in [0.05, 0.1) is 21.7 Å². The van der Waals surface area contributed by atoms with Crippen molar-refractivity contribution in [2.45, 2.75) is 19.1 Å². The minimum atomic E-state index is -4.53. The van der Waals surface area contributed by atoms with Crippen molar-refractivity contribution in [1.29, 1.82) is 0 Å². The second kappa shape index (κ2) is 10.8. The number of alkyl halides is 3. The molecular weight excluding hydrogens is 525 g/mol. The Labute approximate surface area is 227 Å². The number of hydrogen-bond donors (Lipinski definition) is 2. The lowest BCUT2D eigenvalue weighted by atomic mass is 9.91. The summed E-state index contributed by atoms with van der Waals surface area (Å²) in [5, 5.41) is 13.0. The number of halogens is 4. The van der Waals surface area contributed by atoms with Gasteiger partial charge in [-0.3, -0.25) is 4.98 Å². The quantitative estimate of drug-likeness (QED) is 0.215. The summed E-state index contributed by atoms with van der Waals surface area (Å²) in [6.07, 6.45) is -2.49. The Kier molecular flexibility index (Phi) is 7.26. The molecule has 0 aliphatic heterocycles. The van der Waals surface area contributed by atoms with Crippen LogP contribution in [0.4, 0.5) is 18.9 Å². The monoisotopic (exact) mass is 546 g/mol. The zero-order chi connectivity index (χ0) is 27.6. The average Bonchev–Trinajstić information content (AvgIpc) is 2.91. The summed E-state index contributed by atoms with van der Waals surface area (Å²) in [5.74, 6) is -1.11. The van der Waals surface area contributed by atoms with Crippen LogP contribution in [0.5, 0.6) is 0 Å². The number of pyridine rings is 1. The number of fused-ring (bicyclic) bond motifs is 1. The number of hydrogen-bond acceptors (Lipinski definition) is 3. The number of anilines is 1. The number of carbonyl (C=O) groups is 1. The summed E-state index contributed by atoms with van der Waals surface area (Å²) in [7, 11) is 0. The van der Waals surface area contributed by atoms with E-state index in [-0.39, 0.29) is 16.1 Å². The third-order valence-corrected chi connectivity index (χ3v) is 6.74. The first kappa shape index (κ1) is 26.3. The van der Waals surface area contributed by atoms with Crippen LogP contribution >= 0.6 is 11.6 Å². The summed E-state index contributed by atoms with van der Waals surface area (Å²) >= 11 is 6.09. The zero-order valence-electron chi connectivity index (χ0n) is 20.5. The fraction of sp³-hybridized carbons (Fsp3) is 0.0968. The predicted octanol–water partition coefficient (Wildman–Crippen LogP) is 8.48. The molecule has 39 heavy (non-hydrogen) atoms. The highest BCUT2D eigenvalue weighted by atomic mass is 35.5. The molecule has 4 aromatic carbocycles. The van der Waals surface area contributed by atoms with E-state index in [0.29, 0.717) is 29.6 Å². The molecule has 8 heteroatoms. The summed E-state index contributed by atoms with van der Waals surface area (Å²) in [6, 6.07) is 26.0. The van der Waals surface area contributed by atoms with E-state index in [9.17, 15) is 23.1 Å². The van der Waals surface area contributed by atoms with E-state index in [0.717, 1.165) is 28.3 Å². The fourth-order valence-electron chi connectivity index (χ4n) is 4.62. The summed E-state index contributed by atoms with van der Waals surface area (Å²) < 4.78 is 41.5. The molecule has 0 radical (unpaired) electrons. The van der Waals surface area contributed by atoms with Gasteiger partial charge in [-0.15, -0.1) is 0 Å². The molecule has 5 aromatic rings. The first-order chi connectivity index (χ1) is 18.7. The van der Waals surface area contributed by atoms with E-state index in [4.69, 9.17) is 11.6 Å². The Bertz CT molecular complexity index is 1670. The molecule has 5 rings (SSSR count). The maximum atomic E-state index is 13.8. The van der Waals surface area contributed by atoms with Crippen LogP contribution in [0, 0.1) is 0 Å². The summed E-state index contributed by atoms with van der Waals surface area (Å²) in [5.41, 5.74) is 3.98. The highest BCUT2D eigenvalue weighted by Crippen LogP contribution is 2.39. The average molecular weight is 547 g/mol. The number of benzene rings is 4. The van der Waals surface area contributed by atoms with Crippen molar-refractivity contribution in [2.24, 2.45) is 0 Å². The minimum Gasteiger partial charge on any atom is -0.478 e. The number of aromatic nitrogens is 1. The van der Waals surface area contributed by atoms with Crippen LogP contribution in [-0.2, 0) is 19.1 Å². The summed E-state index contributed by atoms with van der Waals surface area (Å²) in [4.78, 5) is 15.5. The number of nitrogens with one attached hydrogen (secondary N) is 1. The van der Waals surface area contributed by atoms with E-state index in [1.165, 1.54) is 18.3 Å². The standard InChI is InChI=1S/C31H22ClF3N2O2/c32-27-16-23(12-13-24(27)30(38)39)36-17-20-8-4-9-21(15-20)28-22(14-19-6-2-1-3-7-19)18-37-29-25(28)10-5-11-26(29)31(33,34)35/h1-13,15-16,18,36H,14,17H2,(H,38,39). The van der Waals surface area contributed by atoms with Gasteiger partial charge in [-0.05, 0) is 64.6 Å². The smallest absolute Gasteiger partial charge is 0.418 e. The zero-order valence-corrected chi connectivity index (χ0v) is 21.2. The Morgan fingerprint density at radius 1 is 0.897 bits per heavy atom. The maximum absolute atomic E-state index is 13.8. The minimum absolute atomic E-state index is 0.0120. The van der Waals surface area contributed by atoms with E-state index in [1.807, 2.05) is 54.6 Å². The predicted molar refractivity (Wildman–Crippen MR) is 147 cm³/mol. The molecule has 4 nitrogen and oxygen atoms in total. The van der Waals surface area contributed by atoms with E-state index in [2.05, 4.69) is 10.3 Å². The molecule has 0 aliphatic carbocycles. The molecule has 2 N–H and O–H groups in total. The molecule has 0 aliphatic rings. The van der Waals surface area contributed by atoms with E-state index < -0.39 is 17.7 Å². The highest BCUT2D eigenvalue weighted by Gasteiger charge is 2.33. The summed E-state index contributed by atoms with van der Waals surface area (Å²) in [6.45, 7) is 0.390. The van der Waals surface area contributed by atoms with Crippen molar-refractivity contribution in [3.8, 4) is 11.1 Å². The van der Waals surface area contributed by atoms with Crippen LogP contribution in [0.15, 0.2) is 97.2 Å². The van der Waals surface area contributed by atoms with Gasteiger partial charge in [-0.1, -0.05) is 72.3 Å². The van der Waals surface area contributed by atoms with Gasteiger partial charge in [0.15, 0.2) is 0 Å². The van der Waals surface area contributed by atoms with Crippen molar-refractivity contribution >= 4 is 34.2 Å². The van der Waals surface area contributed by atoms with Crippen LogP contribution in [0.25, 0.3) is 22.0 Å². The normalized spacial score (nSPS) is 11.5.